The zero-order chi connectivity index (χ0) is 14.6. The Morgan fingerprint density at radius 2 is 1.70 bits per heavy atom. The maximum atomic E-state index is 14.1. The Kier molecular flexibility index (Phi) is 4.95. The predicted octanol–water partition coefficient (Wildman–Crippen LogP) is 5.40. The van der Waals surface area contributed by atoms with Gasteiger partial charge >= 0.3 is 6.11 Å². The first-order chi connectivity index (χ1) is 9.51. The Morgan fingerprint density at radius 3 is 2.25 bits per heavy atom. The Bertz CT molecular complexity index is 408. The van der Waals surface area contributed by atoms with Gasteiger partial charge in [-0.3, -0.25) is 0 Å². The van der Waals surface area contributed by atoms with Crippen LogP contribution in [0.4, 0.5) is 13.2 Å². The molecule has 1 aliphatic carbocycles. The fourth-order valence-electron chi connectivity index (χ4n) is 2.94. The van der Waals surface area contributed by atoms with Gasteiger partial charge in [-0.25, -0.2) is 4.39 Å². The van der Waals surface area contributed by atoms with Crippen LogP contribution < -0.4 is 4.74 Å². The average Bonchev–Trinajstić information content (AvgIpc) is 2.42. The topological polar surface area (TPSA) is 9.23 Å². The molecule has 0 heterocycles. The normalized spacial score (nSPS) is 23.6. The molecule has 0 amide bonds. The molecule has 0 bridgehead atoms. The first kappa shape index (κ1) is 15.2. The molecule has 0 N–H and O–H groups in total. The molecule has 0 saturated heterocycles. The highest BCUT2D eigenvalue weighted by atomic mass is 19.3. The molecular formula is C16H21F3O. The number of ether oxygens (including phenoxy) is 1. The van der Waals surface area contributed by atoms with E-state index in [4.69, 9.17) is 4.74 Å². The van der Waals surface area contributed by atoms with Crippen LogP contribution in [0.15, 0.2) is 24.3 Å². The largest absolute Gasteiger partial charge is 0.432 e. The van der Waals surface area contributed by atoms with Gasteiger partial charge in [0.15, 0.2) is 0 Å². The van der Waals surface area contributed by atoms with Crippen molar-refractivity contribution in [2.24, 2.45) is 11.8 Å². The quantitative estimate of drug-likeness (QED) is 0.703. The molecule has 0 unspecified atom stereocenters. The molecule has 2 rings (SSSR count). The molecule has 1 aliphatic rings. The van der Waals surface area contributed by atoms with E-state index in [1.54, 1.807) is 0 Å². The molecule has 1 aromatic carbocycles. The van der Waals surface area contributed by atoms with Crippen molar-refractivity contribution in [3.8, 4) is 5.75 Å². The SMILES string of the molecule is CCCC1CCC(C(F)(F)Oc2ccc(F)cc2)CC1. The van der Waals surface area contributed by atoms with E-state index in [9.17, 15) is 13.2 Å². The lowest BCUT2D eigenvalue weighted by Crippen LogP contribution is -2.37. The summed E-state index contributed by atoms with van der Waals surface area (Å²) < 4.78 is 45.7. The van der Waals surface area contributed by atoms with Gasteiger partial charge in [-0.15, -0.1) is 0 Å². The second-order valence-corrected chi connectivity index (χ2v) is 5.62. The summed E-state index contributed by atoms with van der Waals surface area (Å²) in [5.41, 5.74) is 0. The van der Waals surface area contributed by atoms with Crippen molar-refractivity contribution in [3.05, 3.63) is 30.1 Å². The number of halogens is 3. The molecule has 20 heavy (non-hydrogen) atoms. The minimum atomic E-state index is -3.17. The summed E-state index contributed by atoms with van der Waals surface area (Å²) >= 11 is 0. The van der Waals surface area contributed by atoms with Crippen molar-refractivity contribution >= 4 is 0 Å². The lowest BCUT2D eigenvalue weighted by atomic mass is 9.79. The predicted molar refractivity (Wildman–Crippen MR) is 72.3 cm³/mol. The minimum Gasteiger partial charge on any atom is -0.432 e. The fraction of sp³-hybridized carbons (Fsp3) is 0.625. The Morgan fingerprint density at radius 1 is 1.10 bits per heavy atom. The summed E-state index contributed by atoms with van der Waals surface area (Å²) in [7, 11) is 0. The van der Waals surface area contributed by atoms with E-state index in [2.05, 4.69) is 6.92 Å². The van der Waals surface area contributed by atoms with Gasteiger partial charge in [-0.1, -0.05) is 19.8 Å². The van der Waals surface area contributed by atoms with Gasteiger partial charge in [0.1, 0.15) is 11.6 Å². The maximum absolute atomic E-state index is 14.1. The molecule has 0 atom stereocenters. The number of benzene rings is 1. The van der Waals surface area contributed by atoms with Crippen molar-refractivity contribution in [1.29, 1.82) is 0 Å². The zero-order valence-electron chi connectivity index (χ0n) is 11.7. The van der Waals surface area contributed by atoms with Crippen LogP contribution >= 0.6 is 0 Å². The standard InChI is InChI=1S/C16H21F3O/c1-2-3-12-4-6-13(7-5-12)16(18,19)20-15-10-8-14(17)9-11-15/h8-13H,2-7H2,1H3. The lowest BCUT2D eigenvalue weighted by molar-refractivity contribution is -0.223. The second-order valence-electron chi connectivity index (χ2n) is 5.62. The van der Waals surface area contributed by atoms with E-state index < -0.39 is 17.8 Å². The first-order valence-electron chi connectivity index (χ1n) is 7.33. The van der Waals surface area contributed by atoms with Gasteiger partial charge in [0, 0.05) is 0 Å². The summed E-state index contributed by atoms with van der Waals surface area (Å²) in [5, 5.41) is 0. The van der Waals surface area contributed by atoms with Crippen LogP contribution in [0.3, 0.4) is 0 Å². The third kappa shape index (κ3) is 3.90. The van der Waals surface area contributed by atoms with Crippen LogP contribution in [-0.2, 0) is 0 Å². The van der Waals surface area contributed by atoms with Gasteiger partial charge in [-0.05, 0) is 55.9 Å². The van der Waals surface area contributed by atoms with Crippen molar-refractivity contribution in [1.82, 2.24) is 0 Å². The van der Waals surface area contributed by atoms with E-state index in [-0.39, 0.29) is 5.75 Å². The van der Waals surface area contributed by atoms with E-state index in [1.807, 2.05) is 0 Å². The first-order valence-corrected chi connectivity index (χ1v) is 7.33. The number of hydrogen-bond donors (Lipinski definition) is 0. The Labute approximate surface area is 118 Å². The van der Waals surface area contributed by atoms with Crippen LogP contribution in [-0.4, -0.2) is 6.11 Å². The second kappa shape index (κ2) is 6.51. The van der Waals surface area contributed by atoms with Crippen molar-refractivity contribution in [2.45, 2.75) is 51.6 Å². The molecule has 1 nitrogen and oxygen atoms in total. The molecule has 0 aliphatic heterocycles. The molecule has 4 heteroatoms. The highest BCUT2D eigenvalue weighted by Crippen LogP contribution is 2.41. The van der Waals surface area contributed by atoms with Crippen LogP contribution in [0.25, 0.3) is 0 Å². The van der Waals surface area contributed by atoms with Gasteiger partial charge in [-0.2, -0.15) is 8.78 Å². The summed E-state index contributed by atoms with van der Waals surface area (Å²) in [6.45, 7) is 2.12. The smallest absolute Gasteiger partial charge is 0.400 e. The summed E-state index contributed by atoms with van der Waals surface area (Å²) in [6, 6.07) is 4.74. The minimum absolute atomic E-state index is 0.0204. The Balaban J connectivity index is 1.92. The van der Waals surface area contributed by atoms with Crippen LogP contribution in [0.1, 0.15) is 45.4 Å². The molecular weight excluding hydrogens is 265 g/mol. The molecule has 112 valence electrons. The van der Waals surface area contributed by atoms with Crippen molar-refractivity contribution < 1.29 is 17.9 Å². The van der Waals surface area contributed by atoms with E-state index in [0.29, 0.717) is 18.8 Å². The molecule has 0 spiro atoms. The number of rotatable bonds is 5. The number of hydrogen-bond acceptors (Lipinski definition) is 1. The molecule has 1 fully saturated rings. The van der Waals surface area contributed by atoms with Gasteiger partial charge in [0.2, 0.25) is 0 Å². The van der Waals surface area contributed by atoms with E-state index in [1.165, 1.54) is 12.1 Å². The van der Waals surface area contributed by atoms with Crippen molar-refractivity contribution in [2.75, 3.05) is 0 Å². The van der Waals surface area contributed by atoms with E-state index >= 15 is 0 Å². The zero-order valence-corrected chi connectivity index (χ0v) is 11.7. The summed E-state index contributed by atoms with van der Waals surface area (Å²) in [5.74, 6) is -0.591. The van der Waals surface area contributed by atoms with Gasteiger partial charge in [0.05, 0.1) is 5.92 Å². The Hall–Kier alpha value is -1.19. The van der Waals surface area contributed by atoms with Crippen molar-refractivity contribution in [3.63, 3.8) is 0 Å². The molecule has 0 aromatic heterocycles. The van der Waals surface area contributed by atoms with E-state index in [0.717, 1.165) is 37.8 Å². The molecule has 0 radical (unpaired) electrons. The van der Waals surface area contributed by atoms with Gasteiger partial charge < -0.3 is 4.74 Å². The monoisotopic (exact) mass is 286 g/mol. The highest BCUT2D eigenvalue weighted by molar-refractivity contribution is 5.22. The third-order valence-electron chi connectivity index (χ3n) is 4.09. The third-order valence-corrected chi connectivity index (χ3v) is 4.09. The summed E-state index contributed by atoms with van der Waals surface area (Å²) in [4.78, 5) is 0. The molecule has 1 aromatic rings. The fourth-order valence-corrected chi connectivity index (χ4v) is 2.94. The average molecular weight is 286 g/mol. The van der Waals surface area contributed by atoms with Crippen LogP contribution in [0, 0.1) is 17.7 Å². The summed E-state index contributed by atoms with van der Waals surface area (Å²) in [6.07, 6.45) is 1.75. The lowest BCUT2D eigenvalue weighted by Gasteiger charge is -2.33. The van der Waals surface area contributed by atoms with Gasteiger partial charge in [0.25, 0.3) is 0 Å². The molecule has 1 saturated carbocycles. The maximum Gasteiger partial charge on any atom is 0.400 e. The highest BCUT2D eigenvalue weighted by Gasteiger charge is 2.43. The van der Waals surface area contributed by atoms with Crippen LogP contribution in [0.5, 0.6) is 5.75 Å². The number of alkyl halides is 2. The van der Waals surface area contributed by atoms with Crippen LogP contribution in [0.2, 0.25) is 0 Å².